The van der Waals surface area contributed by atoms with E-state index in [0.717, 1.165) is 5.56 Å². The maximum Gasteiger partial charge on any atom is 0.257 e. The molecular weight excluding hydrogens is 375 g/mol. The number of hydrogen-bond donors (Lipinski definition) is 0. The van der Waals surface area contributed by atoms with E-state index in [0.29, 0.717) is 19.6 Å². The Morgan fingerprint density at radius 1 is 1.21 bits per heavy atom. The zero-order valence-electron chi connectivity index (χ0n) is 16.0. The standard InChI is InChI=1S/C22H21FN2O4/c1-28-17-9-5-8-15(20(17)23)21(27)24-11-10-22-18(24)12-19(26)25(22)16(13-29-22)14-6-3-2-4-7-14/h2-9,16,18H,10-13H2,1H3/t16-,18+,22-/m0/s1. The summed E-state index contributed by atoms with van der Waals surface area (Å²) >= 11 is 0. The van der Waals surface area contributed by atoms with E-state index >= 15 is 0 Å². The number of amides is 2. The molecule has 5 rings (SSSR count). The molecule has 29 heavy (non-hydrogen) atoms. The van der Waals surface area contributed by atoms with Gasteiger partial charge in [0.15, 0.2) is 17.3 Å². The third-order valence-electron chi connectivity index (χ3n) is 6.31. The largest absolute Gasteiger partial charge is 0.494 e. The lowest BCUT2D eigenvalue weighted by molar-refractivity contribution is -0.138. The molecule has 2 aromatic carbocycles. The first kappa shape index (κ1) is 18.1. The highest BCUT2D eigenvalue weighted by atomic mass is 19.1. The average molecular weight is 396 g/mol. The van der Waals surface area contributed by atoms with Crippen LogP contribution < -0.4 is 4.74 Å². The number of likely N-dealkylation sites (tertiary alicyclic amines) is 1. The van der Waals surface area contributed by atoms with Crippen LogP contribution in [-0.2, 0) is 9.53 Å². The smallest absolute Gasteiger partial charge is 0.257 e. The van der Waals surface area contributed by atoms with Gasteiger partial charge < -0.3 is 19.3 Å². The Morgan fingerprint density at radius 2 is 2.00 bits per heavy atom. The summed E-state index contributed by atoms with van der Waals surface area (Å²) in [4.78, 5) is 29.5. The zero-order valence-corrected chi connectivity index (χ0v) is 16.0. The molecular formula is C22H21FN2O4. The van der Waals surface area contributed by atoms with Crippen LogP contribution >= 0.6 is 0 Å². The van der Waals surface area contributed by atoms with Crippen LogP contribution in [0, 0.1) is 5.82 Å². The van der Waals surface area contributed by atoms with Crippen LogP contribution in [0.5, 0.6) is 5.75 Å². The van der Waals surface area contributed by atoms with Gasteiger partial charge in [-0.1, -0.05) is 36.4 Å². The molecule has 150 valence electrons. The van der Waals surface area contributed by atoms with E-state index in [1.165, 1.54) is 19.2 Å². The van der Waals surface area contributed by atoms with E-state index in [1.807, 2.05) is 35.2 Å². The maximum absolute atomic E-state index is 14.7. The molecule has 2 amide bonds. The van der Waals surface area contributed by atoms with Gasteiger partial charge in [-0.15, -0.1) is 0 Å². The van der Waals surface area contributed by atoms with Crippen LogP contribution in [0.2, 0.25) is 0 Å². The van der Waals surface area contributed by atoms with Gasteiger partial charge in [-0.05, 0) is 17.7 Å². The lowest BCUT2D eigenvalue weighted by atomic mass is 10.0. The first-order valence-corrected chi connectivity index (χ1v) is 9.71. The molecule has 3 saturated heterocycles. The number of benzene rings is 2. The molecule has 7 heteroatoms. The lowest BCUT2D eigenvalue weighted by Crippen LogP contribution is -2.49. The minimum Gasteiger partial charge on any atom is -0.494 e. The minimum atomic E-state index is -0.831. The second-order valence-electron chi connectivity index (χ2n) is 7.64. The second-order valence-corrected chi connectivity index (χ2v) is 7.64. The monoisotopic (exact) mass is 396 g/mol. The van der Waals surface area contributed by atoms with Crippen molar-refractivity contribution in [1.29, 1.82) is 0 Å². The van der Waals surface area contributed by atoms with Gasteiger partial charge >= 0.3 is 0 Å². The molecule has 0 bridgehead atoms. The summed E-state index contributed by atoms with van der Waals surface area (Å²) in [5.41, 5.74) is 0.134. The molecule has 0 aromatic heterocycles. The number of ether oxygens (including phenoxy) is 2. The first-order valence-electron chi connectivity index (χ1n) is 9.71. The van der Waals surface area contributed by atoms with Gasteiger partial charge in [-0.25, -0.2) is 4.39 Å². The normalized spacial score (nSPS) is 27.9. The summed E-state index contributed by atoms with van der Waals surface area (Å²) in [7, 11) is 1.36. The molecule has 0 N–H and O–H groups in total. The number of hydrogen-bond acceptors (Lipinski definition) is 4. The summed E-state index contributed by atoms with van der Waals surface area (Å²) in [6, 6.07) is 13.7. The molecule has 3 atom stereocenters. The molecule has 3 fully saturated rings. The maximum atomic E-state index is 14.7. The fourth-order valence-electron chi connectivity index (χ4n) is 5.00. The van der Waals surface area contributed by atoms with Gasteiger partial charge in [0, 0.05) is 13.0 Å². The Bertz CT molecular complexity index is 982. The molecule has 2 aromatic rings. The summed E-state index contributed by atoms with van der Waals surface area (Å²) in [5.74, 6) is -1.14. The van der Waals surface area contributed by atoms with Crippen molar-refractivity contribution in [2.45, 2.75) is 30.7 Å². The van der Waals surface area contributed by atoms with Gasteiger partial charge in [0.25, 0.3) is 5.91 Å². The zero-order chi connectivity index (χ0) is 20.2. The van der Waals surface area contributed by atoms with E-state index in [-0.39, 0.29) is 29.7 Å². The minimum absolute atomic E-state index is 0.0233. The molecule has 6 nitrogen and oxygen atoms in total. The fourth-order valence-corrected chi connectivity index (χ4v) is 5.00. The molecule has 0 aliphatic carbocycles. The second kappa shape index (κ2) is 6.56. The number of rotatable bonds is 3. The Labute approximate surface area is 167 Å². The van der Waals surface area contributed by atoms with E-state index in [9.17, 15) is 14.0 Å². The molecule has 3 aliphatic rings. The van der Waals surface area contributed by atoms with Crippen molar-refractivity contribution < 1.29 is 23.5 Å². The predicted molar refractivity (Wildman–Crippen MR) is 102 cm³/mol. The molecule has 3 aliphatic heterocycles. The van der Waals surface area contributed by atoms with Gasteiger partial charge in [0.1, 0.15) is 0 Å². The molecule has 0 saturated carbocycles. The highest BCUT2D eigenvalue weighted by molar-refractivity contribution is 5.96. The van der Waals surface area contributed by atoms with Crippen molar-refractivity contribution in [2.24, 2.45) is 0 Å². The summed E-state index contributed by atoms with van der Waals surface area (Å²) in [6.45, 7) is 0.799. The molecule has 3 heterocycles. The van der Waals surface area contributed by atoms with Crippen molar-refractivity contribution in [1.82, 2.24) is 9.80 Å². The van der Waals surface area contributed by atoms with Gasteiger partial charge in [-0.3, -0.25) is 9.59 Å². The number of carbonyl (C=O) groups excluding carboxylic acids is 2. The predicted octanol–water partition coefficient (Wildman–Crippen LogP) is 2.75. The van der Waals surface area contributed by atoms with Gasteiger partial charge in [0.05, 0.1) is 37.8 Å². The SMILES string of the molecule is COc1cccc(C(=O)N2CC[C@@]34OC[C@@H](c5ccccc5)N3C(=O)C[C@@H]24)c1F. The fraction of sp³-hybridized carbons (Fsp3) is 0.364. The quantitative estimate of drug-likeness (QED) is 0.801. The molecule has 0 unspecified atom stereocenters. The molecule has 0 radical (unpaired) electrons. The van der Waals surface area contributed by atoms with Crippen LogP contribution in [0.25, 0.3) is 0 Å². The van der Waals surface area contributed by atoms with Gasteiger partial charge in [0.2, 0.25) is 5.91 Å². The highest BCUT2D eigenvalue weighted by Crippen LogP contribution is 2.51. The van der Waals surface area contributed by atoms with Crippen molar-refractivity contribution in [2.75, 3.05) is 20.3 Å². The van der Waals surface area contributed by atoms with E-state index in [1.54, 1.807) is 11.0 Å². The van der Waals surface area contributed by atoms with E-state index in [4.69, 9.17) is 9.47 Å². The van der Waals surface area contributed by atoms with E-state index < -0.39 is 23.5 Å². The Kier molecular flexibility index (Phi) is 4.10. The van der Waals surface area contributed by atoms with Gasteiger partial charge in [-0.2, -0.15) is 0 Å². The number of methoxy groups -OCH3 is 1. The number of halogens is 1. The van der Waals surface area contributed by atoms with Crippen molar-refractivity contribution in [3.05, 3.63) is 65.5 Å². The Hall–Kier alpha value is -2.93. The van der Waals surface area contributed by atoms with Crippen molar-refractivity contribution in [3.63, 3.8) is 0 Å². The van der Waals surface area contributed by atoms with Crippen molar-refractivity contribution in [3.8, 4) is 5.75 Å². The third kappa shape index (κ3) is 2.50. The first-order chi connectivity index (χ1) is 14.1. The lowest BCUT2D eigenvalue weighted by Gasteiger charge is -2.33. The number of carbonyl (C=O) groups is 2. The highest BCUT2D eigenvalue weighted by Gasteiger charge is 2.65. The van der Waals surface area contributed by atoms with Crippen LogP contribution in [0.3, 0.4) is 0 Å². The van der Waals surface area contributed by atoms with Crippen LogP contribution in [-0.4, -0.2) is 53.6 Å². The third-order valence-corrected chi connectivity index (χ3v) is 6.31. The summed E-state index contributed by atoms with van der Waals surface area (Å²) in [6.07, 6.45) is 0.699. The van der Waals surface area contributed by atoms with Crippen LogP contribution in [0.1, 0.15) is 34.8 Å². The van der Waals surface area contributed by atoms with Crippen molar-refractivity contribution >= 4 is 11.8 Å². The Balaban J connectivity index is 1.47. The van der Waals surface area contributed by atoms with E-state index in [2.05, 4.69) is 0 Å². The number of nitrogens with zero attached hydrogens (tertiary/aromatic N) is 2. The van der Waals surface area contributed by atoms with Crippen LogP contribution in [0.15, 0.2) is 48.5 Å². The average Bonchev–Trinajstić information content (AvgIpc) is 3.37. The molecule has 1 spiro atoms. The summed E-state index contributed by atoms with van der Waals surface area (Å²) in [5, 5.41) is 0. The Morgan fingerprint density at radius 3 is 2.76 bits per heavy atom. The topological polar surface area (TPSA) is 59.1 Å². The van der Waals surface area contributed by atoms with Crippen LogP contribution in [0.4, 0.5) is 4.39 Å². The summed E-state index contributed by atoms with van der Waals surface area (Å²) < 4.78 is 25.9.